The normalized spacial score (nSPS) is 10.8. The molecule has 104 valence electrons. The largest absolute Gasteiger partial charge is 0.398 e. The van der Waals surface area contributed by atoms with Gasteiger partial charge in [-0.25, -0.2) is 0 Å². The topological polar surface area (TPSA) is 43.1 Å². The van der Waals surface area contributed by atoms with Gasteiger partial charge in [0.15, 0.2) is 5.78 Å². The van der Waals surface area contributed by atoms with E-state index in [1.807, 2.05) is 36.4 Å². The molecule has 0 aliphatic carbocycles. The second kappa shape index (κ2) is 5.62. The first-order chi connectivity index (χ1) is 10.0. The first-order valence-corrected chi connectivity index (χ1v) is 7.92. The maximum absolute atomic E-state index is 12.5. The minimum absolute atomic E-state index is 0.0134. The summed E-state index contributed by atoms with van der Waals surface area (Å²) in [6, 6.07) is 16.9. The van der Waals surface area contributed by atoms with Gasteiger partial charge in [-0.1, -0.05) is 34.1 Å². The number of carbonyl (C=O) groups is 1. The van der Waals surface area contributed by atoms with E-state index in [-0.39, 0.29) is 5.78 Å². The average Bonchev–Trinajstić information content (AvgIpc) is 2.49. The fourth-order valence-electron chi connectivity index (χ4n) is 2.19. The van der Waals surface area contributed by atoms with Crippen LogP contribution in [0.5, 0.6) is 0 Å². The van der Waals surface area contributed by atoms with Gasteiger partial charge in [0.25, 0.3) is 0 Å². The molecule has 3 aromatic carbocycles. The molecule has 0 spiro atoms. The molecule has 0 aliphatic rings. The Morgan fingerprint density at radius 2 is 1.43 bits per heavy atom. The first kappa shape index (κ1) is 14.3. The molecule has 0 aromatic heterocycles. The van der Waals surface area contributed by atoms with Gasteiger partial charge in [-0.3, -0.25) is 4.79 Å². The van der Waals surface area contributed by atoms with Gasteiger partial charge in [0.2, 0.25) is 0 Å². The smallest absolute Gasteiger partial charge is 0.193 e. The third-order valence-electron chi connectivity index (χ3n) is 3.33. The van der Waals surface area contributed by atoms with E-state index in [1.54, 1.807) is 18.2 Å². The van der Waals surface area contributed by atoms with E-state index in [2.05, 4.69) is 31.9 Å². The summed E-state index contributed by atoms with van der Waals surface area (Å²) in [5.74, 6) is -0.0134. The van der Waals surface area contributed by atoms with Crippen LogP contribution in [0.25, 0.3) is 10.8 Å². The Balaban J connectivity index is 2.04. The molecule has 0 bridgehead atoms. The monoisotopic (exact) mass is 403 g/mol. The number of halogens is 2. The van der Waals surface area contributed by atoms with Gasteiger partial charge in [0, 0.05) is 25.8 Å². The summed E-state index contributed by atoms with van der Waals surface area (Å²) in [5.41, 5.74) is 7.66. The van der Waals surface area contributed by atoms with Crippen LogP contribution in [-0.2, 0) is 0 Å². The van der Waals surface area contributed by atoms with Crippen LogP contribution in [0.4, 0.5) is 5.69 Å². The molecular formula is C17H11Br2NO. The molecule has 4 heteroatoms. The van der Waals surface area contributed by atoms with Crippen molar-refractivity contribution in [2.24, 2.45) is 0 Å². The summed E-state index contributed by atoms with van der Waals surface area (Å²) < 4.78 is 1.76. The van der Waals surface area contributed by atoms with Crippen molar-refractivity contribution in [3.05, 3.63) is 74.7 Å². The van der Waals surface area contributed by atoms with Crippen molar-refractivity contribution >= 4 is 54.1 Å². The molecular weight excluding hydrogens is 394 g/mol. The molecule has 0 amide bonds. The Morgan fingerprint density at radius 3 is 2.19 bits per heavy atom. The van der Waals surface area contributed by atoms with Crippen molar-refractivity contribution in [2.45, 2.75) is 0 Å². The molecule has 0 aliphatic heterocycles. The van der Waals surface area contributed by atoms with Crippen LogP contribution in [0, 0.1) is 0 Å². The van der Waals surface area contributed by atoms with Gasteiger partial charge in [-0.05, 0) is 63.1 Å². The molecule has 0 atom stereocenters. The van der Waals surface area contributed by atoms with E-state index in [0.29, 0.717) is 16.8 Å². The second-order valence-corrected chi connectivity index (χ2v) is 6.54. The molecule has 0 fully saturated rings. The molecule has 0 radical (unpaired) electrons. The second-order valence-electron chi connectivity index (χ2n) is 4.77. The highest BCUT2D eigenvalue weighted by Crippen LogP contribution is 2.25. The first-order valence-electron chi connectivity index (χ1n) is 6.33. The SMILES string of the molecule is Nc1ccc(C(=O)c2ccc3cc(Br)ccc3c2)cc1Br. The van der Waals surface area contributed by atoms with E-state index in [9.17, 15) is 4.79 Å². The Labute approximate surface area is 139 Å². The number of nitrogens with two attached hydrogens (primary N) is 1. The van der Waals surface area contributed by atoms with Crippen LogP contribution >= 0.6 is 31.9 Å². The fourth-order valence-corrected chi connectivity index (χ4v) is 2.95. The third-order valence-corrected chi connectivity index (χ3v) is 4.51. The Kier molecular flexibility index (Phi) is 3.83. The lowest BCUT2D eigenvalue weighted by atomic mass is 10.00. The van der Waals surface area contributed by atoms with Gasteiger partial charge >= 0.3 is 0 Å². The molecule has 0 heterocycles. The van der Waals surface area contributed by atoms with Crippen molar-refractivity contribution in [3.8, 4) is 0 Å². The van der Waals surface area contributed by atoms with Crippen LogP contribution in [0.1, 0.15) is 15.9 Å². The van der Waals surface area contributed by atoms with Gasteiger partial charge < -0.3 is 5.73 Å². The maximum atomic E-state index is 12.5. The van der Waals surface area contributed by atoms with Crippen molar-refractivity contribution in [1.29, 1.82) is 0 Å². The van der Waals surface area contributed by atoms with Gasteiger partial charge in [-0.2, -0.15) is 0 Å². The van der Waals surface area contributed by atoms with E-state index in [1.165, 1.54) is 0 Å². The number of hydrogen-bond donors (Lipinski definition) is 1. The Morgan fingerprint density at radius 1 is 0.810 bits per heavy atom. The van der Waals surface area contributed by atoms with Crippen molar-refractivity contribution in [2.75, 3.05) is 5.73 Å². The fraction of sp³-hybridized carbons (Fsp3) is 0. The van der Waals surface area contributed by atoms with Gasteiger partial charge in [0.1, 0.15) is 0 Å². The number of rotatable bonds is 2. The highest BCUT2D eigenvalue weighted by Gasteiger charge is 2.11. The number of benzene rings is 3. The average molecular weight is 405 g/mol. The minimum atomic E-state index is -0.0134. The predicted octanol–water partition coefficient (Wildman–Crippen LogP) is 5.18. The van der Waals surface area contributed by atoms with Crippen LogP contribution in [0.2, 0.25) is 0 Å². The lowest BCUT2D eigenvalue weighted by Gasteiger charge is -2.06. The van der Waals surface area contributed by atoms with E-state index >= 15 is 0 Å². The number of carbonyl (C=O) groups excluding carboxylic acids is 1. The Hall–Kier alpha value is -1.65. The zero-order valence-electron chi connectivity index (χ0n) is 10.9. The highest BCUT2D eigenvalue weighted by atomic mass is 79.9. The summed E-state index contributed by atoms with van der Waals surface area (Å²) in [7, 11) is 0. The van der Waals surface area contributed by atoms with Crippen molar-refractivity contribution in [3.63, 3.8) is 0 Å². The summed E-state index contributed by atoms with van der Waals surface area (Å²) in [6.45, 7) is 0. The van der Waals surface area contributed by atoms with Crippen LogP contribution in [0.15, 0.2) is 63.5 Å². The lowest BCUT2D eigenvalue weighted by Crippen LogP contribution is -2.02. The lowest BCUT2D eigenvalue weighted by molar-refractivity contribution is 0.103. The van der Waals surface area contributed by atoms with E-state index in [0.717, 1.165) is 19.7 Å². The van der Waals surface area contributed by atoms with Gasteiger partial charge in [-0.15, -0.1) is 0 Å². The minimum Gasteiger partial charge on any atom is -0.398 e. The zero-order valence-corrected chi connectivity index (χ0v) is 14.1. The molecule has 21 heavy (non-hydrogen) atoms. The summed E-state index contributed by atoms with van der Waals surface area (Å²) in [6.07, 6.45) is 0. The molecule has 3 rings (SSSR count). The predicted molar refractivity (Wildman–Crippen MR) is 93.6 cm³/mol. The standard InChI is InChI=1S/C17H11Br2NO/c18-14-5-3-10-7-12(2-1-11(10)8-14)17(21)13-4-6-16(20)15(19)9-13/h1-9H,20H2. The molecule has 2 N–H and O–H groups in total. The number of hydrogen-bond acceptors (Lipinski definition) is 2. The maximum Gasteiger partial charge on any atom is 0.193 e. The van der Waals surface area contributed by atoms with Crippen LogP contribution in [0.3, 0.4) is 0 Å². The molecule has 3 aromatic rings. The number of ketones is 1. The number of anilines is 1. The van der Waals surface area contributed by atoms with Crippen LogP contribution in [-0.4, -0.2) is 5.78 Å². The quantitative estimate of drug-likeness (QED) is 0.472. The summed E-state index contributed by atoms with van der Waals surface area (Å²) in [5, 5.41) is 2.14. The molecule has 0 saturated carbocycles. The van der Waals surface area contributed by atoms with Crippen molar-refractivity contribution in [1.82, 2.24) is 0 Å². The summed E-state index contributed by atoms with van der Waals surface area (Å²) in [4.78, 5) is 12.5. The zero-order chi connectivity index (χ0) is 15.0. The highest BCUT2D eigenvalue weighted by molar-refractivity contribution is 9.10. The van der Waals surface area contributed by atoms with Gasteiger partial charge in [0.05, 0.1) is 0 Å². The van der Waals surface area contributed by atoms with Crippen LogP contribution < -0.4 is 5.73 Å². The molecule has 2 nitrogen and oxygen atoms in total. The Bertz CT molecular complexity index is 859. The van der Waals surface area contributed by atoms with Crippen molar-refractivity contribution < 1.29 is 4.79 Å². The number of fused-ring (bicyclic) bond motifs is 1. The number of nitrogen functional groups attached to an aromatic ring is 1. The molecule has 0 unspecified atom stereocenters. The van der Waals surface area contributed by atoms with E-state index in [4.69, 9.17) is 5.73 Å². The van der Waals surface area contributed by atoms with E-state index < -0.39 is 0 Å². The third kappa shape index (κ3) is 2.87. The summed E-state index contributed by atoms with van der Waals surface area (Å²) >= 11 is 6.80. The molecule has 0 saturated heterocycles.